The zero-order chi connectivity index (χ0) is 15.6. The maximum atomic E-state index is 12.9. The molecule has 0 amide bonds. The number of sulfonamides is 1. The van der Waals surface area contributed by atoms with Crippen molar-refractivity contribution in [3.63, 3.8) is 0 Å². The first kappa shape index (κ1) is 15.2. The molecule has 1 N–H and O–H groups in total. The fourth-order valence-corrected chi connectivity index (χ4v) is 4.08. The molecule has 0 atom stereocenters. The number of quaternary nitrogens is 1. The molecule has 1 aromatic heterocycles. The number of nitrogens with zero attached hydrogens (tertiary/aromatic N) is 1. The van der Waals surface area contributed by atoms with Crippen LogP contribution in [0.15, 0.2) is 52.0 Å². The van der Waals surface area contributed by atoms with Crippen molar-refractivity contribution >= 4 is 10.0 Å². The van der Waals surface area contributed by atoms with Gasteiger partial charge in [0.1, 0.15) is 12.4 Å². The lowest BCUT2D eigenvalue weighted by Gasteiger charge is -2.31. The van der Waals surface area contributed by atoms with Crippen LogP contribution in [-0.2, 0) is 16.6 Å². The highest BCUT2D eigenvalue weighted by molar-refractivity contribution is 7.89. The number of rotatable bonds is 4. The third-order valence-electron chi connectivity index (χ3n) is 3.89. The Kier molecular flexibility index (Phi) is 4.28. The van der Waals surface area contributed by atoms with Crippen molar-refractivity contribution in [3.05, 3.63) is 54.2 Å². The summed E-state index contributed by atoms with van der Waals surface area (Å²) in [6.07, 6.45) is 1.64. The molecule has 7 heteroatoms. The first-order valence-corrected chi connectivity index (χ1v) is 8.61. The first-order chi connectivity index (χ1) is 10.6. The zero-order valence-corrected chi connectivity index (χ0v) is 12.9. The molecule has 1 fully saturated rings. The minimum atomic E-state index is -3.53. The lowest BCUT2D eigenvalue weighted by Crippen LogP contribution is -3.13. The van der Waals surface area contributed by atoms with Gasteiger partial charge in [-0.25, -0.2) is 12.8 Å². The monoisotopic (exact) mass is 325 g/mol. The largest absolute Gasteiger partial charge is 0.463 e. The molecule has 22 heavy (non-hydrogen) atoms. The summed E-state index contributed by atoms with van der Waals surface area (Å²) >= 11 is 0. The van der Waals surface area contributed by atoms with Crippen LogP contribution in [0, 0.1) is 5.82 Å². The van der Waals surface area contributed by atoms with Crippen molar-refractivity contribution in [2.75, 3.05) is 26.2 Å². The van der Waals surface area contributed by atoms with Crippen LogP contribution in [0.3, 0.4) is 0 Å². The number of furan rings is 1. The summed E-state index contributed by atoms with van der Waals surface area (Å²) in [4.78, 5) is 1.43. The van der Waals surface area contributed by atoms with E-state index < -0.39 is 15.8 Å². The summed E-state index contributed by atoms with van der Waals surface area (Å²) in [7, 11) is -3.53. The van der Waals surface area contributed by atoms with Crippen LogP contribution < -0.4 is 4.90 Å². The molecule has 1 aliphatic heterocycles. The molecule has 1 aliphatic rings. The summed E-state index contributed by atoms with van der Waals surface area (Å²) in [6.45, 7) is 3.12. The van der Waals surface area contributed by atoms with Gasteiger partial charge in [-0.05, 0) is 36.4 Å². The number of benzene rings is 1. The maximum Gasteiger partial charge on any atom is 0.243 e. The Morgan fingerprint density at radius 3 is 2.41 bits per heavy atom. The van der Waals surface area contributed by atoms with Gasteiger partial charge in [-0.15, -0.1) is 0 Å². The highest BCUT2D eigenvalue weighted by Crippen LogP contribution is 2.16. The van der Waals surface area contributed by atoms with Crippen LogP contribution in [0.2, 0.25) is 0 Å². The molecule has 0 aliphatic carbocycles. The third kappa shape index (κ3) is 3.21. The molecule has 0 bridgehead atoms. The van der Waals surface area contributed by atoms with Gasteiger partial charge in [-0.2, -0.15) is 4.31 Å². The van der Waals surface area contributed by atoms with Crippen molar-refractivity contribution in [1.82, 2.24) is 4.31 Å². The second kappa shape index (κ2) is 6.20. The number of nitrogens with one attached hydrogen (secondary N) is 1. The van der Waals surface area contributed by atoms with E-state index >= 15 is 0 Å². The summed E-state index contributed by atoms with van der Waals surface area (Å²) < 4.78 is 44.7. The molecule has 5 nitrogen and oxygen atoms in total. The number of halogens is 1. The fourth-order valence-electron chi connectivity index (χ4n) is 2.63. The quantitative estimate of drug-likeness (QED) is 0.891. The Labute approximate surface area is 129 Å². The van der Waals surface area contributed by atoms with Gasteiger partial charge in [0, 0.05) is 0 Å². The van der Waals surface area contributed by atoms with E-state index in [4.69, 9.17) is 4.42 Å². The van der Waals surface area contributed by atoms with Gasteiger partial charge in [0.25, 0.3) is 0 Å². The Bertz CT molecular complexity index is 706. The fraction of sp³-hybridized carbons (Fsp3) is 0.333. The highest BCUT2D eigenvalue weighted by atomic mass is 32.2. The molecule has 0 saturated carbocycles. The Morgan fingerprint density at radius 1 is 1.14 bits per heavy atom. The van der Waals surface area contributed by atoms with E-state index in [1.165, 1.54) is 33.5 Å². The van der Waals surface area contributed by atoms with Crippen LogP contribution in [0.25, 0.3) is 0 Å². The lowest BCUT2D eigenvalue weighted by atomic mass is 10.3. The maximum absolute atomic E-state index is 12.9. The molecule has 1 saturated heterocycles. The summed E-state index contributed by atoms with van der Waals surface area (Å²) in [5, 5.41) is 0. The summed E-state index contributed by atoms with van der Waals surface area (Å²) in [5.41, 5.74) is 0. The van der Waals surface area contributed by atoms with E-state index in [1.807, 2.05) is 12.1 Å². The normalized spacial score (nSPS) is 17.7. The predicted octanol–water partition coefficient (Wildman–Crippen LogP) is 0.508. The minimum Gasteiger partial charge on any atom is -0.463 e. The van der Waals surface area contributed by atoms with Crippen LogP contribution in [-0.4, -0.2) is 38.9 Å². The predicted molar refractivity (Wildman–Crippen MR) is 78.3 cm³/mol. The number of hydrogen-bond acceptors (Lipinski definition) is 3. The van der Waals surface area contributed by atoms with Gasteiger partial charge < -0.3 is 9.32 Å². The van der Waals surface area contributed by atoms with E-state index in [0.29, 0.717) is 13.1 Å². The second-order valence-electron chi connectivity index (χ2n) is 5.36. The summed E-state index contributed by atoms with van der Waals surface area (Å²) in [6, 6.07) is 8.74. The van der Waals surface area contributed by atoms with Crippen molar-refractivity contribution < 1.29 is 22.1 Å². The van der Waals surface area contributed by atoms with Crippen molar-refractivity contribution in [2.45, 2.75) is 11.4 Å². The molecule has 0 spiro atoms. The Balaban J connectivity index is 1.64. The second-order valence-corrected chi connectivity index (χ2v) is 7.30. The zero-order valence-electron chi connectivity index (χ0n) is 12.0. The van der Waals surface area contributed by atoms with Crippen molar-refractivity contribution in [3.8, 4) is 0 Å². The molecule has 0 radical (unpaired) electrons. The van der Waals surface area contributed by atoms with Crippen molar-refractivity contribution in [1.29, 1.82) is 0 Å². The van der Waals surface area contributed by atoms with E-state index in [-0.39, 0.29) is 4.90 Å². The van der Waals surface area contributed by atoms with Gasteiger partial charge in [-0.1, -0.05) is 0 Å². The molecule has 2 aromatic rings. The van der Waals surface area contributed by atoms with Crippen LogP contribution in [0.5, 0.6) is 0 Å². The van der Waals surface area contributed by atoms with E-state index in [0.717, 1.165) is 25.4 Å². The average molecular weight is 325 g/mol. The SMILES string of the molecule is O=S(=O)(c1ccc(F)cc1)N1CC[NH+](Cc2ccco2)CC1. The summed E-state index contributed by atoms with van der Waals surface area (Å²) in [5.74, 6) is 0.469. The molecule has 2 heterocycles. The van der Waals surface area contributed by atoms with E-state index in [9.17, 15) is 12.8 Å². The highest BCUT2D eigenvalue weighted by Gasteiger charge is 2.30. The molecule has 0 unspecified atom stereocenters. The van der Waals surface area contributed by atoms with Crippen LogP contribution in [0.4, 0.5) is 4.39 Å². The number of hydrogen-bond donors (Lipinski definition) is 1. The van der Waals surface area contributed by atoms with Crippen LogP contribution in [0.1, 0.15) is 5.76 Å². The Morgan fingerprint density at radius 2 is 1.82 bits per heavy atom. The van der Waals surface area contributed by atoms with E-state index in [2.05, 4.69) is 0 Å². The molecule has 1 aromatic carbocycles. The van der Waals surface area contributed by atoms with Gasteiger partial charge in [0.05, 0.1) is 37.3 Å². The van der Waals surface area contributed by atoms with Crippen LogP contribution >= 0.6 is 0 Å². The van der Waals surface area contributed by atoms with Crippen molar-refractivity contribution in [2.24, 2.45) is 0 Å². The molecular weight excluding hydrogens is 307 g/mol. The standard InChI is InChI=1S/C15H17FN2O3S/c16-13-3-5-15(6-4-13)22(19,20)18-9-7-17(8-10-18)12-14-2-1-11-21-14/h1-6,11H,7-10,12H2/p+1. The van der Waals surface area contributed by atoms with E-state index in [1.54, 1.807) is 6.26 Å². The molecular formula is C15H18FN2O3S+. The smallest absolute Gasteiger partial charge is 0.243 e. The minimum absolute atomic E-state index is 0.142. The third-order valence-corrected chi connectivity index (χ3v) is 5.80. The molecule has 118 valence electrons. The average Bonchev–Trinajstić information content (AvgIpc) is 3.01. The van der Waals surface area contributed by atoms with Gasteiger partial charge in [-0.3, -0.25) is 0 Å². The lowest BCUT2D eigenvalue weighted by molar-refractivity contribution is -0.918. The molecule has 3 rings (SSSR count). The first-order valence-electron chi connectivity index (χ1n) is 7.17. The van der Waals surface area contributed by atoms with Gasteiger partial charge in [0.15, 0.2) is 5.76 Å². The van der Waals surface area contributed by atoms with Gasteiger partial charge >= 0.3 is 0 Å². The Hall–Kier alpha value is -1.70. The van der Waals surface area contributed by atoms with Gasteiger partial charge in [0.2, 0.25) is 10.0 Å². The number of piperazine rings is 1. The topological polar surface area (TPSA) is 55.0 Å².